The van der Waals surface area contributed by atoms with Crippen molar-refractivity contribution in [2.75, 3.05) is 39.8 Å². The van der Waals surface area contributed by atoms with Gasteiger partial charge in [-0.05, 0) is 49.2 Å². The van der Waals surface area contributed by atoms with Gasteiger partial charge < -0.3 is 9.64 Å². The SMILES string of the molecule is CN1CCOC2(CCN(S(=O)(=O)c3ccc(-c4cccnc4)cc3)CC2)C1. The molecule has 0 N–H and O–H groups in total. The van der Waals surface area contributed by atoms with E-state index in [-0.39, 0.29) is 5.60 Å². The number of piperidine rings is 1. The number of rotatable bonds is 3. The van der Waals surface area contributed by atoms with Crippen molar-refractivity contribution in [2.45, 2.75) is 23.3 Å². The summed E-state index contributed by atoms with van der Waals surface area (Å²) in [4.78, 5) is 6.72. The van der Waals surface area contributed by atoms with E-state index in [1.54, 1.807) is 28.8 Å². The summed E-state index contributed by atoms with van der Waals surface area (Å²) in [5.74, 6) is 0. The number of benzene rings is 1. The molecule has 1 aromatic carbocycles. The molecule has 0 amide bonds. The van der Waals surface area contributed by atoms with Crippen LogP contribution in [0.4, 0.5) is 0 Å². The summed E-state index contributed by atoms with van der Waals surface area (Å²) in [5, 5.41) is 0. The predicted octanol–water partition coefficient (Wildman–Crippen LogP) is 2.23. The molecule has 0 saturated carbocycles. The zero-order chi connectivity index (χ0) is 18.9. The first-order chi connectivity index (χ1) is 13.0. The van der Waals surface area contributed by atoms with Crippen LogP contribution in [0.15, 0.2) is 53.7 Å². The summed E-state index contributed by atoms with van der Waals surface area (Å²) >= 11 is 0. The predicted molar refractivity (Wildman–Crippen MR) is 104 cm³/mol. The molecule has 1 spiro atoms. The van der Waals surface area contributed by atoms with Crippen LogP contribution in [-0.2, 0) is 14.8 Å². The lowest BCUT2D eigenvalue weighted by Crippen LogP contribution is -2.56. The van der Waals surface area contributed by atoms with Crippen LogP contribution in [0.3, 0.4) is 0 Å². The second-order valence-electron chi connectivity index (χ2n) is 7.44. The van der Waals surface area contributed by atoms with E-state index in [0.717, 1.165) is 43.7 Å². The van der Waals surface area contributed by atoms with E-state index >= 15 is 0 Å². The average molecular weight is 388 g/mol. The number of ether oxygens (including phenoxy) is 1. The van der Waals surface area contributed by atoms with E-state index in [0.29, 0.717) is 18.0 Å². The topological polar surface area (TPSA) is 62.7 Å². The monoisotopic (exact) mass is 387 g/mol. The maximum atomic E-state index is 13.0. The molecule has 2 fully saturated rings. The summed E-state index contributed by atoms with van der Waals surface area (Å²) in [6.07, 6.45) is 4.97. The molecule has 0 bridgehead atoms. The highest BCUT2D eigenvalue weighted by atomic mass is 32.2. The van der Waals surface area contributed by atoms with Crippen LogP contribution in [-0.4, -0.2) is 68.0 Å². The molecule has 0 radical (unpaired) electrons. The smallest absolute Gasteiger partial charge is 0.243 e. The minimum atomic E-state index is -3.48. The Labute approximate surface area is 160 Å². The fourth-order valence-electron chi connectivity index (χ4n) is 3.97. The average Bonchev–Trinajstić information content (AvgIpc) is 2.69. The number of hydrogen-bond donors (Lipinski definition) is 0. The highest BCUT2D eigenvalue weighted by Gasteiger charge is 2.41. The van der Waals surface area contributed by atoms with Gasteiger partial charge in [-0.3, -0.25) is 4.98 Å². The number of nitrogens with zero attached hydrogens (tertiary/aromatic N) is 3. The zero-order valence-corrected chi connectivity index (χ0v) is 16.4. The van der Waals surface area contributed by atoms with Gasteiger partial charge in [0.2, 0.25) is 10.0 Å². The van der Waals surface area contributed by atoms with Crippen molar-refractivity contribution in [1.29, 1.82) is 0 Å². The standard InChI is InChI=1S/C20H25N3O3S/c1-22-13-14-26-20(16-22)8-11-23(12-9-20)27(24,25)19-6-4-17(5-7-19)18-3-2-10-21-15-18/h2-7,10,15H,8-9,11-14,16H2,1H3. The summed E-state index contributed by atoms with van der Waals surface area (Å²) in [6.45, 7) is 3.54. The van der Waals surface area contributed by atoms with Crippen LogP contribution in [0.2, 0.25) is 0 Å². The van der Waals surface area contributed by atoms with Crippen molar-refractivity contribution in [1.82, 2.24) is 14.2 Å². The highest BCUT2D eigenvalue weighted by Crippen LogP contribution is 2.32. The molecule has 2 aromatic rings. The van der Waals surface area contributed by atoms with Gasteiger partial charge in [-0.2, -0.15) is 4.31 Å². The van der Waals surface area contributed by atoms with Crippen molar-refractivity contribution >= 4 is 10.0 Å². The Balaban J connectivity index is 1.47. The Hall–Kier alpha value is -1.80. The van der Waals surface area contributed by atoms with Crippen LogP contribution in [0.5, 0.6) is 0 Å². The molecular weight excluding hydrogens is 362 g/mol. The first kappa shape index (κ1) is 18.6. The van der Waals surface area contributed by atoms with Crippen LogP contribution in [0.25, 0.3) is 11.1 Å². The fourth-order valence-corrected chi connectivity index (χ4v) is 5.41. The maximum absolute atomic E-state index is 13.0. The van der Waals surface area contributed by atoms with E-state index in [2.05, 4.69) is 16.9 Å². The minimum absolute atomic E-state index is 0.191. The molecule has 2 aliphatic rings. The molecule has 7 heteroatoms. The van der Waals surface area contributed by atoms with Gasteiger partial charge in [0.05, 0.1) is 17.1 Å². The van der Waals surface area contributed by atoms with Crippen LogP contribution >= 0.6 is 0 Å². The van der Waals surface area contributed by atoms with Crippen molar-refractivity contribution in [3.63, 3.8) is 0 Å². The molecule has 144 valence electrons. The second kappa shape index (κ2) is 7.31. The second-order valence-corrected chi connectivity index (χ2v) is 9.38. The Morgan fingerprint density at radius 2 is 1.78 bits per heavy atom. The molecule has 3 heterocycles. The Morgan fingerprint density at radius 1 is 1.04 bits per heavy atom. The molecule has 1 aromatic heterocycles. The molecule has 0 aliphatic carbocycles. The van der Waals surface area contributed by atoms with Crippen LogP contribution in [0, 0.1) is 0 Å². The lowest BCUT2D eigenvalue weighted by Gasteiger charge is -2.46. The number of morpholine rings is 1. The zero-order valence-electron chi connectivity index (χ0n) is 15.5. The van der Waals surface area contributed by atoms with Crippen molar-refractivity contribution in [3.05, 3.63) is 48.8 Å². The van der Waals surface area contributed by atoms with E-state index in [1.165, 1.54) is 0 Å². The van der Waals surface area contributed by atoms with E-state index in [9.17, 15) is 8.42 Å². The molecule has 2 saturated heterocycles. The lowest BCUT2D eigenvalue weighted by atomic mass is 9.90. The molecular formula is C20H25N3O3S. The highest BCUT2D eigenvalue weighted by molar-refractivity contribution is 7.89. The van der Waals surface area contributed by atoms with Gasteiger partial charge in [0.1, 0.15) is 0 Å². The molecule has 6 nitrogen and oxygen atoms in total. The number of pyridine rings is 1. The summed E-state index contributed by atoms with van der Waals surface area (Å²) in [6, 6.07) is 10.9. The first-order valence-corrected chi connectivity index (χ1v) is 10.8. The largest absolute Gasteiger partial charge is 0.372 e. The molecule has 27 heavy (non-hydrogen) atoms. The maximum Gasteiger partial charge on any atom is 0.243 e. The Bertz CT molecular complexity index is 876. The van der Waals surface area contributed by atoms with Gasteiger partial charge in [-0.25, -0.2) is 8.42 Å². The minimum Gasteiger partial charge on any atom is -0.372 e. The van der Waals surface area contributed by atoms with Gasteiger partial charge >= 0.3 is 0 Å². The van der Waals surface area contributed by atoms with E-state index in [1.807, 2.05) is 24.3 Å². The molecule has 4 rings (SSSR count). The van der Waals surface area contributed by atoms with Gasteiger partial charge in [0.15, 0.2) is 0 Å². The number of likely N-dealkylation sites (N-methyl/N-ethyl adjacent to an activating group) is 1. The third-order valence-corrected chi connectivity index (χ3v) is 7.47. The number of aromatic nitrogens is 1. The van der Waals surface area contributed by atoms with Crippen molar-refractivity contribution in [2.24, 2.45) is 0 Å². The molecule has 0 unspecified atom stereocenters. The Morgan fingerprint density at radius 3 is 2.41 bits per heavy atom. The van der Waals surface area contributed by atoms with Gasteiger partial charge in [-0.1, -0.05) is 18.2 Å². The fraction of sp³-hybridized carbons (Fsp3) is 0.450. The van der Waals surface area contributed by atoms with Crippen molar-refractivity contribution < 1.29 is 13.2 Å². The third-order valence-electron chi connectivity index (χ3n) is 5.56. The van der Waals surface area contributed by atoms with Gasteiger partial charge in [0.25, 0.3) is 0 Å². The third kappa shape index (κ3) is 3.78. The molecule has 2 aliphatic heterocycles. The summed E-state index contributed by atoms with van der Waals surface area (Å²) < 4.78 is 33.7. The number of sulfonamides is 1. The van der Waals surface area contributed by atoms with Gasteiger partial charge in [-0.15, -0.1) is 0 Å². The summed E-state index contributed by atoms with van der Waals surface area (Å²) in [5.41, 5.74) is 1.74. The molecule has 0 atom stereocenters. The quantitative estimate of drug-likeness (QED) is 0.808. The van der Waals surface area contributed by atoms with E-state index in [4.69, 9.17) is 4.74 Å². The Kier molecular flexibility index (Phi) is 5.03. The van der Waals surface area contributed by atoms with Crippen molar-refractivity contribution in [3.8, 4) is 11.1 Å². The lowest BCUT2D eigenvalue weighted by molar-refractivity contribution is -0.124. The summed E-state index contributed by atoms with van der Waals surface area (Å²) in [7, 11) is -1.39. The van der Waals surface area contributed by atoms with Gasteiger partial charge in [0, 0.05) is 38.6 Å². The van der Waals surface area contributed by atoms with Crippen LogP contribution < -0.4 is 0 Å². The van der Waals surface area contributed by atoms with E-state index < -0.39 is 10.0 Å². The normalized spacial score (nSPS) is 21.4. The van der Waals surface area contributed by atoms with Crippen LogP contribution in [0.1, 0.15) is 12.8 Å². The first-order valence-electron chi connectivity index (χ1n) is 9.32. The number of hydrogen-bond acceptors (Lipinski definition) is 5.